The lowest BCUT2D eigenvalue weighted by Gasteiger charge is -2.28. The van der Waals surface area contributed by atoms with Gasteiger partial charge >= 0.3 is 0 Å². The molecule has 0 bridgehead atoms. The summed E-state index contributed by atoms with van der Waals surface area (Å²) >= 11 is 6.19. The number of aromatic nitrogens is 5. The van der Waals surface area contributed by atoms with Crippen LogP contribution in [0.3, 0.4) is 0 Å². The molecule has 5 aromatic rings. The molecule has 1 atom stereocenters. The zero-order valence-electron chi connectivity index (χ0n) is 17.6. The SMILES string of the molecule is CCOc1ccc2c(c1)Oc1ncn3nc(-c4ccncc4)nc3c1C2c1ccc(Cl)cc1. The predicted molar refractivity (Wildman–Crippen MR) is 124 cm³/mol. The number of fused-ring (bicyclic) bond motifs is 4. The van der Waals surface area contributed by atoms with Gasteiger partial charge in [-0.25, -0.2) is 14.5 Å². The highest BCUT2D eigenvalue weighted by molar-refractivity contribution is 6.30. The Morgan fingerprint density at radius 1 is 1.06 bits per heavy atom. The van der Waals surface area contributed by atoms with E-state index in [4.69, 9.17) is 26.1 Å². The van der Waals surface area contributed by atoms with E-state index < -0.39 is 0 Å². The maximum absolute atomic E-state index is 6.25. The molecule has 0 radical (unpaired) electrons. The fourth-order valence-electron chi connectivity index (χ4n) is 4.18. The van der Waals surface area contributed by atoms with Gasteiger partial charge in [0.25, 0.3) is 0 Å². The molecule has 0 saturated carbocycles. The van der Waals surface area contributed by atoms with E-state index in [1.807, 2.05) is 61.5 Å². The molecule has 1 unspecified atom stereocenters. The summed E-state index contributed by atoms with van der Waals surface area (Å²) in [4.78, 5) is 13.5. The van der Waals surface area contributed by atoms with Gasteiger partial charge in [-0.1, -0.05) is 29.8 Å². The van der Waals surface area contributed by atoms with E-state index in [1.54, 1.807) is 23.2 Å². The normalized spacial score (nSPS) is 14.4. The van der Waals surface area contributed by atoms with Gasteiger partial charge < -0.3 is 9.47 Å². The largest absolute Gasteiger partial charge is 0.494 e. The highest BCUT2D eigenvalue weighted by atomic mass is 35.5. The molecular formula is C25H18ClN5O2. The van der Waals surface area contributed by atoms with E-state index in [-0.39, 0.29) is 5.92 Å². The van der Waals surface area contributed by atoms with Crippen LogP contribution in [0, 0.1) is 0 Å². The fraction of sp³-hybridized carbons (Fsp3) is 0.120. The van der Waals surface area contributed by atoms with Gasteiger partial charge in [-0.05, 0) is 42.8 Å². The van der Waals surface area contributed by atoms with E-state index in [2.05, 4.69) is 15.1 Å². The maximum atomic E-state index is 6.25. The minimum absolute atomic E-state index is 0.164. The molecule has 6 rings (SSSR count). The second kappa shape index (κ2) is 7.86. The van der Waals surface area contributed by atoms with Crippen LogP contribution in [-0.2, 0) is 0 Å². The zero-order valence-corrected chi connectivity index (χ0v) is 18.4. The zero-order chi connectivity index (χ0) is 22.4. The first kappa shape index (κ1) is 19.7. The minimum atomic E-state index is -0.164. The summed E-state index contributed by atoms with van der Waals surface area (Å²) in [5.74, 6) is 2.39. The van der Waals surface area contributed by atoms with Crippen LogP contribution in [0.15, 0.2) is 73.3 Å². The first-order valence-electron chi connectivity index (χ1n) is 10.6. The molecule has 1 aliphatic heterocycles. The Morgan fingerprint density at radius 3 is 2.67 bits per heavy atom. The van der Waals surface area contributed by atoms with E-state index in [0.29, 0.717) is 34.7 Å². The van der Waals surface area contributed by atoms with E-state index >= 15 is 0 Å². The quantitative estimate of drug-likeness (QED) is 0.348. The van der Waals surface area contributed by atoms with Gasteiger partial charge in [-0.2, -0.15) is 0 Å². The van der Waals surface area contributed by atoms with Crippen molar-refractivity contribution in [2.45, 2.75) is 12.8 Å². The van der Waals surface area contributed by atoms with Gasteiger partial charge in [0.2, 0.25) is 5.88 Å². The molecule has 33 heavy (non-hydrogen) atoms. The van der Waals surface area contributed by atoms with Crippen LogP contribution in [0.5, 0.6) is 17.4 Å². The molecule has 2 aromatic carbocycles. The number of ether oxygens (including phenoxy) is 2. The second-order valence-corrected chi connectivity index (χ2v) is 8.06. The molecule has 0 fully saturated rings. The third-order valence-corrected chi connectivity index (χ3v) is 5.88. The van der Waals surface area contributed by atoms with Gasteiger partial charge in [-0.15, -0.1) is 5.10 Å². The summed E-state index contributed by atoms with van der Waals surface area (Å²) in [5.41, 5.74) is 4.47. The van der Waals surface area contributed by atoms with Crippen molar-refractivity contribution in [2.24, 2.45) is 0 Å². The molecule has 0 amide bonds. The van der Waals surface area contributed by atoms with Crippen LogP contribution < -0.4 is 9.47 Å². The van der Waals surface area contributed by atoms with E-state index in [1.165, 1.54) is 0 Å². The van der Waals surface area contributed by atoms with Gasteiger partial charge in [0, 0.05) is 40.5 Å². The lowest BCUT2D eigenvalue weighted by Crippen LogP contribution is -2.15. The Labute approximate surface area is 194 Å². The molecule has 0 aliphatic carbocycles. The Balaban J connectivity index is 1.58. The summed E-state index contributed by atoms with van der Waals surface area (Å²) in [5, 5.41) is 5.32. The van der Waals surface area contributed by atoms with Crippen molar-refractivity contribution in [3.05, 3.63) is 95.0 Å². The van der Waals surface area contributed by atoms with Gasteiger partial charge in [0.15, 0.2) is 11.5 Å². The average Bonchev–Trinajstić information content (AvgIpc) is 3.29. The fourth-order valence-corrected chi connectivity index (χ4v) is 4.30. The summed E-state index contributed by atoms with van der Waals surface area (Å²) in [6.45, 7) is 2.53. The van der Waals surface area contributed by atoms with Crippen molar-refractivity contribution < 1.29 is 9.47 Å². The monoisotopic (exact) mass is 455 g/mol. The first-order chi connectivity index (χ1) is 16.2. The molecule has 8 heteroatoms. The molecule has 3 aromatic heterocycles. The number of halogens is 1. The Kier molecular flexibility index (Phi) is 4.69. The number of benzene rings is 2. The summed E-state index contributed by atoms with van der Waals surface area (Å²) in [6, 6.07) is 17.5. The average molecular weight is 456 g/mol. The molecule has 0 N–H and O–H groups in total. The third-order valence-electron chi connectivity index (χ3n) is 5.63. The molecule has 162 valence electrons. The van der Waals surface area contributed by atoms with Crippen LogP contribution in [0.4, 0.5) is 0 Å². The predicted octanol–water partition coefficient (Wildman–Crippen LogP) is 5.52. The van der Waals surface area contributed by atoms with E-state index in [0.717, 1.165) is 28.0 Å². The summed E-state index contributed by atoms with van der Waals surface area (Å²) in [7, 11) is 0. The third kappa shape index (κ3) is 3.37. The molecule has 0 saturated heterocycles. The summed E-state index contributed by atoms with van der Waals surface area (Å²) < 4.78 is 13.6. The van der Waals surface area contributed by atoms with Gasteiger partial charge in [0.05, 0.1) is 12.2 Å². The van der Waals surface area contributed by atoms with Crippen LogP contribution in [0.2, 0.25) is 5.02 Å². The van der Waals surface area contributed by atoms with Crippen molar-refractivity contribution >= 4 is 17.2 Å². The molecular weight excluding hydrogens is 438 g/mol. The highest BCUT2D eigenvalue weighted by Crippen LogP contribution is 2.48. The lowest BCUT2D eigenvalue weighted by molar-refractivity contribution is 0.336. The van der Waals surface area contributed by atoms with Crippen LogP contribution in [0.25, 0.3) is 17.0 Å². The number of pyridine rings is 1. The van der Waals surface area contributed by atoms with Crippen molar-refractivity contribution in [3.8, 4) is 28.8 Å². The molecule has 7 nitrogen and oxygen atoms in total. The van der Waals surface area contributed by atoms with Crippen molar-refractivity contribution in [2.75, 3.05) is 6.61 Å². The maximum Gasteiger partial charge on any atom is 0.228 e. The molecule has 0 spiro atoms. The van der Waals surface area contributed by atoms with Crippen molar-refractivity contribution in [1.29, 1.82) is 0 Å². The standard InChI is InChI=1S/C25H18ClN5O2/c1-2-32-18-7-8-19-20(13-18)33-25-22(21(19)15-3-5-17(26)6-4-15)24-29-23(30-31(24)14-28-25)16-9-11-27-12-10-16/h3-14,21H,2H2,1H3. The van der Waals surface area contributed by atoms with Crippen LogP contribution in [0.1, 0.15) is 29.5 Å². The van der Waals surface area contributed by atoms with Crippen LogP contribution >= 0.6 is 11.6 Å². The Hall–Kier alpha value is -3.97. The summed E-state index contributed by atoms with van der Waals surface area (Å²) in [6.07, 6.45) is 5.07. The Bertz CT molecular complexity index is 1470. The number of hydrogen-bond acceptors (Lipinski definition) is 6. The number of rotatable bonds is 4. The molecule has 1 aliphatic rings. The number of hydrogen-bond donors (Lipinski definition) is 0. The first-order valence-corrected chi connectivity index (χ1v) is 10.9. The topological polar surface area (TPSA) is 74.4 Å². The van der Waals surface area contributed by atoms with Gasteiger partial charge in [0.1, 0.15) is 17.8 Å². The second-order valence-electron chi connectivity index (χ2n) is 7.62. The lowest BCUT2D eigenvalue weighted by atomic mass is 9.84. The Morgan fingerprint density at radius 2 is 1.88 bits per heavy atom. The number of nitrogens with zero attached hydrogens (tertiary/aromatic N) is 5. The van der Waals surface area contributed by atoms with E-state index in [9.17, 15) is 0 Å². The van der Waals surface area contributed by atoms with Crippen molar-refractivity contribution in [3.63, 3.8) is 0 Å². The highest BCUT2D eigenvalue weighted by Gasteiger charge is 2.33. The molecule has 4 heterocycles. The van der Waals surface area contributed by atoms with Crippen molar-refractivity contribution in [1.82, 2.24) is 24.6 Å². The minimum Gasteiger partial charge on any atom is -0.494 e. The smallest absolute Gasteiger partial charge is 0.228 e. The van der Waals surface area contributed by atoms with Crippen LogP contribution in [-0.4, -0.2) is 31.2 Å². The van der Waals surface area contributed by atoms with Gasteiger partial charge in [-0.3, -0.25) is 4.98 Å².